The van der Waals surface area contributed by atoms with Crippen LogP contribution in [0.2, 0.25) is 5.15 Å². The molecule has 1 amide bonds. The van der Waals surface area contributed by atoms with Gasteiger partial charge >= 0.3 is 0 Å². The van der Waals surface area contributed by atoms with Crippen LogP contribution >= 0.6 is 11.6 Å². The van der Waals surface area contributed by atoms with E-state index >= 15 is 0 Å². The number of ether oxygens (including phenoxy) is 1. The molecule has 0 radical (unpaired) electrons. The molecular weight excluding hydrogens is 382 g/mol. The van der Waals surface area contributed by atoms with Crippen LogP contribution in [0.25, 0.3) is 11.4 Å². The van der Waals surface area contributed by atoms with E-state index in [1.807, 2.05) is 18.2 Å². The number of carbonyl (C=O) groups is 1. The van der Waals surface area contributed by atoms with Gasteiger partial charge in [0, 0.05) is 18.6 Å². The highest BCUT2D eigenvalue weighted by atomic mass is 35.5. The molecule has 3 aromatic rings. The third kappa shape index (κ3) is 4.36. The van der Waals surface area contributed by atoms with Gasteiger partial charge in [0.2, 0.25) is 0 Å². The van der Waals surface area contributed by atoms with Gasteiger partial charge < -0.3 is 10.1 Å². The first-order chi connectivity index (χ1) is 13.6. The van der Waals surface area contributed by atoms with Crippen LogP contribution in [0.1, 0.15) is 17.3 Å². The summed E-state index contributed by atoms with van der Waals surface area (Å²) in [7, 11) is 1.55. The summed E-state index contributed by atoms with van der Waals surface area (Å²) in [4.78, 5) is 29.8. The Hall–Kier alpha value is -3.23. The number of rotatable bonds is 7. The van der Waals surface area contributed by atoms with E-state index in [9.17, 15) is 4.79 Å². The molecule has 0 fully saturated rings. The fourth-order valence-electron chi connectivity index (χ4n) is 2.52. The van der Waals surface area contributed by atoms with Gasteiger partial charge in [-0.1, -0.05) is 17.7 Å². The first-order valence-corrected chi connectivity index (χ1v) is 8.81. The van der Waals surface area contributed by atoms with Crippen molar-refractivity contribution in [3.05, 3.63) is 59.6 Å². The number of anilines is 2. The third-order valence-corrected chi connectivity index (χ3v) is 3.93. The minimum absolute atomic E-state index is 0.233. The Morgan fingerprint density at radius 3 is 2.64 bits per heavy atom. The van der Waals surface area contributed by atoms with Gasteiger partial charge in [0.25, 0.3) is 5.91 Å². The van der Waals surface area contributed by atoms with Crippen molar-refractivity contribution in [2.45, 2.75) is 6.92 Å². The number of hydrogen-bond acceptors (Lipinski definition) is 7. The molecule has 0 spiro atoms. The number of methoxy groups -OCH3 is 1. The summed E-state index contributed by atoms with van der Waals surface area (Å²) in [6.45, 7) is 2.10. The lowest BCUT2D eigenvalue weighted by Gasteiger charge is -2.16. The van der Waals surface area contributed by atoms with Crippen LogP contribution in [0.5, 0.6) is 5.75 Å². The first kappa shape index (κ1) is 19.5. The summed E-state index contributed by atoms with van der Waals surface area (Å²) >= 11 is 6.03. The van der Waals surface area contributed by atoms with Crippen molar-refractivity contribution in [3.63, 3.8) is 0 Å². The second kappa shape index (κ2) is 9.12. The number of halogens is 1. The van der Waals surface area contributed by atoms with Crippen molar-refractivity contribution in [2.24, 2.45) is 0 Å². The molecule has 0 bridgehead atoms. The zero-order valence-corrected chi connectivity index (χ0v) is 16.0. The smallest absolute Gasteiger partial charge is 0.278 e. The molecule has 2 aromatic heterocycles. The summed E-state index contributed by atoms with van der Waals surface area (Å²) in [5, 5.41) is 3.41. The van der Waals surface area contributed by atoms with Crippen LogP contribution in [0, 0.1) is 0 Å². The fourth-order valence-corrected chi connectivity index (χ4v) is 2.68. The van der Waals surface area contributed by atoms with Gasteiger partial charge in [-0.2, -0.15) is 0 Å². The van der Waals surface area contributed by atoms with Crippen LogP contribution in [0.15, 0.2) is 48.9 Å². The summed E-state index contributed by atoms with van der Waals surface area (Å²) < 4.78 is 5.58. The Balaban J connectivity index is 2.00. The standard InChI is InChI=1S/C19H18ClN5O3/c1-3-28-25-19(26)13-11-23-16(20)10-15(13)24-14-7-4-6-12(17(14)27-2)18-21-8-5-9-22-18/h4-11H,3H2,1-2H3,(H,23,24)(H,25,26). The van der Waals surface area contributed by atoms with Gasteiger partial charge in [0.15, 0.2) is 11.6 Å². The van der Waals surface area contributed by atoms with Crippen molar-refractivity contribution in [1.29, 1.82) is 0 Å². The summed E-state index contributed by atoms with van der Waals surface area (Å²) in [5.74, 6) is 0.595. The molecule has 0 aliphatic rings. The lowest BCUT2D eigenvalue weighted by molar-refractivity contribution is 0.0365. The molecule has 9 heteroatoms. The van der Waals surface area contributed by atoms with E-state index in [-0.39, 0.29) is 10.7 Å². The van der Waals surface area contributed by atoms with E-state index in [4.69, 9.17) is 21.2 Å². The number of benzene rings is 1. The number of nitrogens with one attached hydrogen (secondary N) is 2. The first-order valence-electron chi connectivity index (χ1n) is 8.43. The molecule has 144 valence electrons. The van der Waals surface area contributed by atoms with Crippen molar-refractivity contribution in [1.82, 2.24) is 20.4 Å². The zero-order valence-electron chi connectivity index (χ0n) is 15.3. The Labute approximate surface area is 166 Å². The fraction of sp³-hybridized carbons (Fsp3) is 0.158. The van der Waals surface area contributed by atoms with E-state index < -0.39 is 5.91 Å². The van der Waals surface area contributed by atoms with E-state index in [1.54, 1.807) is 38.6 Å². The SMILES string of the molecule is CCONC(=O)c1cnc(Cl)cc1Nc1cccc(-c2ncccn2)c1OC. The molecule has 0 unspecified atom stereocenters. The van der Waals surface area contributed by atoms with Crippen molar-refractivity contribution >= 4 is 28.9 Å². The molecule has 2 heterocycles. The molecule has 0 atom stereocenters. The number of aromatic nitrogens is 3. The van der Waals surface area contributed by atoms with Gasteiger partial charge in [-0.05, 0) is 31.2 Å². The molecule has 28 heavy (non-hydrogen) atoms. The number of hydrogen-bond donors (Lipinski definition) is 2. The average Bonchev–Trinajstić information content (AvgIpc) is 2.72. The van der Waals surface area contributed by atoms with Gasteiger partial charge in [-0.3, -0.25) is 9.63 Å². The summed E-state index contributed by atoms with van der Waals surface area (Å²) in [6.07, 6.45) is 4.68. The lowest BCUT2D eigenvalue weighted by Crippen LogP contribution is -2.24. The average molecular weight is 400 g/mol. The predicted molar refractivity (Wildman–Crippen MR) is 106 cm³/mol. The second-order valence-corrected chi connectivity index (χ2v) is 5.89. The maximum Gasteiger partial charge on any atom is 0.278 e. The van der Waals surface area contributed by atoms with Crippen LogP contribution in [-0.2, 0) is 4.84 Å². The molecule has 0 saturated heterocycles. The van der Waals surface area contributed by atoms with Gasteiger partial charge in [0.05, 0.1) is 36.2 Å². The van der Waals surface area contributed by atoms with Gasteiger partial charge in [0.1, 0.15) is 5.15 Å². The maximum absolute atomic E-state index is 12.4. The Bertz CT molecular complexity index is 969. The van der Waals surface area contributed by atoms with E-state index in [1.165, 1.54) is 6.20 Å². The number of amides is 1. The highest BCUT2D eigenvalue weighted by Gasteiger charge is 2.17. The van der Waals surface area contributed by atoms with Crippen molar-refractivity contribution in [2.75, 3.05) is 19.0 Å². The zero-order chi connectivity index (χ0) is 19.9. The molecule has 2 N–H and O–H groups in total. The molecule has 0 saturated carbocycles. The molecular formula is C19H18ClN5O3. The summed E-state index contributed by atoms with van der Waals surface area (Å²) in [6, 6.07) is 8.78. The highest BCUT2D eigenvalue weighted by molar-refractivity contribution is 6.29. The predicted octanol–water partition coefficient (Wildman–Crippen LogP) is 3.63. The normalized spacial score (nSPS) is 10.4. The molecule has 1 aromatic carbocycles. The summed E-state index contributed by atoms with van der Waals surface area (Å²) in [5.41, 5.74) is 4.37. The minimum atomic E-state index is -0.449. The van der Waals surface area contributed by atoms with Crippen LogP contribution in [0.4, 0.5) is 11.4 Å². The molecule has 3 rings (SSSR count). The van der Waals surface area contributed by atoms with E-state index in [2.05, 4.69) is 25.7 Å². The number of carbonyl (C=O) groups excluding carboxylic acids is 1. The Kier molecular flexibility index (Phi) is 6.36. The number of nitrogens with zero attached hydrogens (tertiary/aromatic N) is 3. The molecule has 0 aliphatic heterocycles. The third-order valence-electron chi connectivity index (χ3n) is 3.72. The Morgan fingerprint density at radius 2 is 1.93 bits per heavy atom. The van der Waals surface area contributed by atoms with E-state index in [0.717, 1.165) is 0 Å². The number of para-hydroxylation sites is 1. The van der Waals surface area contributed by atoms with Gasteiger partial charge in [-0.15, -0.1) is 0 Å². The molecule has 0 aliphatic carbocycles. The largest absolute Gasteiger partial charge is 0.494 e. The maximum atomic E-state index is 12.4. The van der Waals surface area contributed by atoms with Crippen molar-refractivity contribution in [3.8, 4) is 17.1 Å². The topological polar surface area (TPSA) is 98.3 Å². The van der Waals surface area contributed by atoms with Crippen LogP contribution in [0.3, 0.4) is 0 Å². The van der Waals surface area contributed by atoms with E-state index in [0.29, 0.717) is 35.1 Å². The monoisotopic (exact) mass is 399 g/mol. The van der Waals surface area contributed by atoms with Crippen molar-refractivity contribution < 1.29 is 14.4 Å². The second-order valence-electron chi connectivity index (χ2n) is 5.50. The van der Waals surface area contributed by atoms with Crippen LogP contribution < -0.4 is 15.5 Å². The number of hydroxylamine groups is 1. The molecule has 8 nitrogen and oxygen atoms in total. The van der Waals surface area contributed by atoms with Crippen LogP contribution in [-0.4, -0.2) is 34.6 Å². The highest BCUT2D eigenvalue weighted by Crippen LogP contribution is 2.37. The lowest BCUT2D eigenvalue weighted by atomic mass is 10.1. The quantitative estimate of drug-likeness (QED) is 0.462. The minimum Gasteiger partial charge on any atom is -0.494 e. The van der Waals surface area contributed by atoms with Gasteiger partial charge in [-0.25, -0.2) is 20.4 Å². The number of pyridine rings is 1. The Morgan fingerprint density at radius 1 is 1.14 bits per heavy atom.